The molecule has 0 spiro atoms. The highest BCUT2D eigenvalue weighted by Crippen LogP contribution is 2.51. The topological polar surface area (TPSA) is 238 Å². The Kier molecular flexibility index (Phi) is 8.54. The Morgan fingerprint density at radius 1 is 1.00 bits per heavy atom. The van der Waals surface area contributed by atoms with Gasteiger partial charge in [-0.15, -0.1) is 0 Å². The van der Waals surface area contributed by atoms with Gasteiger partial charge in [-0.25, -0.2) is 0 Å². The minimum absolute atomic E-state index is 0.000461. The number of fused-ring (bicyclic) bond motifs is 1. The molecule has 8 N–H and O–H groups in total. The summed E-state index contributed by atoms with van der Waals surface area (Å²) < 4.78 is 34.2. The monoisotopic (exact) mass is 608 g/mol. The average molecular weight is 609 g/mol. The number of benzene rings is 2. The van der Waals surface area contributed by atoms with Crippen molar-refractivity contribution >= 4 is 11.0 Å². The lowest BCUT2D eigenvalue weighted by molar-refractivity contribution is -0.286. The van der Waals surface area contributed by atoms with Crippen LogP contribution < -0.4 is 14.9 Å². The van der Waals surface area contributed by atoms with Crippen LogP contribution in [-0.4, -0.2) is 117 Å². The first kappa shape index (κ1) is 30.9. The smallest absolute Gasteiger partial charge is 0.204 e. The van der Waals surface area contributed by atoms with E-state index in [-0.39, 0.29) is 39.5 Å². The first-order valence-corrected chi connectivity index (χ1v) is 13.1. The Bertz CT molecular complexity index is 1520. The second-order valence-electron chi connectivity index (χ2n) is 10.3. The van der Waals surface area contributed by atoms with Crippen LogP contribution in [-0.2, 0) is 14.2 Å². The molecule has 0 radical (unpaired) electrons. The van der Waals surface area contributed by atoms with Crippen molar-refractivity contribution in [3.8, 4) is 34.3 Å². The van der Waals surface area contributed by atoms with Crippen molar-refractivity contribution in [2.24, 2.45) is 0 Å². The van der Waals surface area contributed by atoms with Crippen molar-refractivity contribution < 1.29 is 69.0 Å². The molecule has 15 heteroatoms. The van der Waals surface area contributed by atoms with E-state index in [0.29, 0.717) is 5.56 Å². The molecule has 3 aromatic rings. The molecule has 2 aliphatic rings. The summed E-state index contributed by atoms with van der Waals surface area (Å²) in [7, 11) is 2.41. The van der Waals surface area contributed by atoms with E-state index < -0.39 is 79.5 Å². The molecule has 2 aromatic carbocycles. The standard InChI is InChI=1S/C28H32O15/c1-38-22-17(21-16(19(34)24(22)39-2)13(32)7-14(41-21)11-3-5-12(31)6-4-11)23-25(20(35)18(33)15(8-29)42-23)43-27-26(36)28(37,9-30)10-40-27/h3-7,15,18,20,23,25-27,29-31,33-37H,8-10H2,1-2H3/t15-,18-,20+,23+,25-,26-,27+,28+/m1/s1. The molecule has 2 saturated heterocycles. The fraction of sp³-hybridized carbons (Fsp3) is 0.464. The Morgan fingerprint density at radius 2 is 1.67 bits per heavy atom. The third kappa shape index (κ3) is 5.18. The number of ether oxygens (including phenoxy) is 5. The molecule has 0 saturated carbocycles. The molecule has 2 fully saturated rings. The highest BCUT2D eigenvalue weighted by atomic mass is 16.7. The van der Waals surface area contributed by atoms with Gasteiger partial charge in [0.05, 0.1) is 39.6 Å². The van der Waals surface area contributed by atoms with Crippen molar-refractivity contribution in [1.29, 1.82) is 0 Å². The van der Waals surface area contributed by atoms with E-state index in [4.69, 9.17) is 28.1 Å². The zero-order valence-electron chi connectivity index (χ0n) is 23.0. The molecule has 3 heterocycles. The van der Waals surface area contributed by atoms with Crippen LogP contribution in [0, 0.1) is 0 Å². The van der Waals surface area contributed by atoms with Gasteiger partial charge >= 0.3 is 0 Å². The summed E-state index contributed by atoms with van der Waals surface area (Å²) in [5.41, 5.74) is -2.90. The Balaban J connectivity index is 1.75. The summed E-state index contributed by atoms with van der Waals surface area (Å²) >= 11 is 0. The third-order valence-corrected chi connectivity index (χ3v) is 7.68. The van der Waals surface area contributed by atoms with Gasteiger partial charge in [0.2, 0.25) is 5.75 Å². The van der Waals surface area contributed by atoms with E-state index >= 15 is 0 Å². The summed E-state index contributed by atoms with van der Waals surface area (Å²) in [4.78, 5) is 13.4. The Morgan fingerprint density at radius 3 is 2.26 bits per heavy atom. The van der Waals surface area contributed by atoms with Gasteiger partial charge < -0.3 is 69.0 Å². The maximum absolute atomic E-state index is 13.4. The van der Waals surface area contributed by atoms with Gasteiger partial charge in [-0.3, -0.25) is 4.79 Å². The summed E-state index contributed by atoms with van der Waals surface area (Å²) in [6.07, 6.45) is -11.6. The number of hydrogen-bond acceptors (Lipinski definition) is 15. The minimum atomic E-state index is -2.09. The molecule has 8 atom stereocenters. The van der Waals surface area contributed by atoms with Gasteiger partial charge in [-0.2, -0.15) is 0 Å². The van der Waals surface area contributed by atoms with E-state index in [1.165, 1.54) is 38.5 Å². The quantitative estimate of drug-likeness (QED) is 0.151. The van der Waals surface area contributed by atoms with Crippen molar-refractivity contribution in [1.82, 2.24) is 0 Å². The molecular formula is C28H32O15. The molecule has 5 rings (SSSR count). The SMILES string of the molecule is COc1c(OC)c(O)c2c(=O)cc(-c3ccc(O)cc3)oc2c1[C@@H]1O[C@H](CO)[C@@H](O)[C@H](O)[C@H]1O[C@@H]1OC[C@@](O)(CO)[C@@H]1O. The van der Waals surface area contributed by atoms with E-state index in [1.807, 2.05) is 0 Å². The zero-order chi connectivity index (χ0) is 31.2. The lowest BCUT2D eigenvalue weighted by Crippen LogP contribution is -2.58. The van der Waals surface area contributed by atoms with Crippen LogP contribution in [0.25, 0.3) is 22.3 Å². The molecule has 2 aliphatic heterocycles. The number of hydrogen-bond donors (Lipinski definition) is 8. The summed E-state index contributed by atoms with van der Waals surface area (Å²) in [5.74, 6) is -1.22. The van der Waals surface area contributed by atoms with Crippen LogP contribution in [0.3, 0.4) is 0 Å². The molecule has 234 valence electrons. The maximum Gasteiger partial charge on any atom is 0.204 e. The van der Waals surface area contributed by atoms with Crippen molar-refractivity contribution in [2.75, 3.05) is 34.0 Å². The van der Waals surface area contributed by atoms with Crippen molar-refractivity contribution in [2.45, 2.75) is 48.5 Å². The fourth-order valence-corrected chi connectivity index (χ4v) is 5.31. The predicted molar refractivity (Wildman–Crippen MR) is 144 cm³/mol. The molecule has 0 unspecified atom stereocenters. The number of aliphatic hydroxyl groups excluding tert-OH is 5. The van der Waals surface area contributed by atoms with E-state index in [1.54, 1.807) is 0 Å². The number of phenols is 2. The first-order valence-electron chi connectivity index (χ1n) is 13.1. The van der Waals surface area contributed by atoms with Gasteiger partial charge in [0, 0.05) is 11.6 Å². The van der Waals surface area contributed by atoms with Crippen molar-refractivity contribution in [3.05, 3.63) is 46.1 Å². The van der Waals surface area contributed by atoms with Gasteiger partial charge in [0.25, 0.3) is 0 Å². The number of aliphatic hydroxyl groups is 6. The van der Waals surface area contributed by atoms with Crippen molar-refractivity contribution in [3.63, 3.8) is 0 Å². The molecule has 0 bridgehead atoms. The van der Waals surface area contributed by atoms with Crippen LogP contribution in [0.1, 0.15) is 11.7 Å². The Labute approximate surface area is 243 Å². The second-order valence-corrected chi connectivity index (χ2v) is 10.3. The normalized spacial score (nSPS) is 30.9. The molecule has 15 nitrogen and oxygen atoms in total. The predicted octanol–water partition coefficient (Wildman–Crippen LogP) is -1.13. The third-order valence-electron chi connectivity index (χ3n) is 7.68. The summed E-state index contributed by atoms with van der Waals surface area (Å²) in [6.45, 7) is -2.18. The lowest BCUT2D eigenvalue weighted by atomic mass is 9.89. The minimum Gasteiger partial charge on any atom is -0.508 e. The number of rotatable bonds is 8. The largest absolute Gasteiger partial charge is 0.508 e. The first-order chi connectivity index (χ1) is 20.5. The van der Waals surface area contributed by atoms with Crippen LogP contribution in [0.4, 0.5) is 0 Å². The van der Waals surface area contributed by atoms with E-state index in [9.17, 15) is 45.6 Å². The van der Waals surface area contributed by atoms with E-state index in [2.05, 4.69) is 0 Å². The molecule has 43 heavy (non-hydrogen) atoms. The van der Waals surface area contributed by atoms with Crippen LogP contribution in [0.2, 0.25) is 0 Å². The van der Waals surface area contributed by atoms with Crippen LogP contribution in [0.15, 0.2) is 39.5 Å². The van der Waals surface area contributed by atoms with Crippen LogP contribution >= 0.6 is 0 Å². The maximum atomic E-state index is 13.4. The highest BCUT2D eigenvalue weighted by Gasteiger charge is 2.54. The fourth-order valence-electron chi connectivity index (χ4n) is 5.31. The van der Waals surface area contributed by atoms with E-state index in [0.717, 1.165) is 6.07 Å². The van der Waals surface area contributed by atoms with Gasteiger partial charge in [0.15, 0.2) is 28.8 Å². The zero-order valence-corrected chi connectivity index (χ0v) is 23.0. The van der Waals surface area contributed by atoms with Gasteiger partial charge in [-0.05, 0) is 24.3 Å². The number of phenolic OH excluding ortho intramolecular Hbond substituents is 2. The van der Waals surface area contributed by atoms with Crippen LogP contribution in [0.5, 0.6) is 23.0 Å². The summed E-state index contributed by atoms with van der Waals surface area (Å²) in [6, 6.07) is 6.79. The lowest BCUT2D eigenvalue weighted by Gasteiger charge is -2.43. The van der Waals surface area contributed by atoms with Gasteiger partial charge in [0.1, 0.15) is 59.1 Å². The molecule has 0 amide bonds. The number of methoxy groups -OCH3 is 2. The molecule has 1 aromatic heterocycles. The Hall–Kier alpha value is -3.51. The molecular weight excluding hydrogens is 576 g/mol. The number of aromatic hydroxyl groups is 2. The molecule has 0 aliphatic carbocycles. The average Bonchev–Trinajstić information content (AvgIpc) is 3.28. The summed E-state index contributed by atoms with van der Waals surface area (Å²) in [5, 5.41) is 82.8. The van der Waals surface area contributed by atoms with Gasteiger partial charge in [-0.1, -0.05) is 0 Å². The highest BCUT2D eigenvalue weighted by molar-refractivity contribution is 5.93. The second kappa shape index (κ2) is 11.9.